The van der Waals surface area contributed by atoms with Crippen molar-refractivity contribution < 1.29 is 4.39 Å². The SMILES string of the molecule is Cc1ccc(-c2cccc(C)c2F)cc1C. The fourth-order valence-electron chi connectivity index (χ4n) is 1.78. The summed E-state index contributed by atoms with van der Waals surface area (Å²) in [5.41, 5.74) is 4.75. The molecule has 0 fully saturated rings. The standard InChI is InChI=1S/C15H15F/c1-10-7-8-13(9-12(10)3)14-6-4-5-11(2)15(14)16/h4-9H,1-3H3. The van der Waals surface area contributed by atoms with E-state index in [0.29, 0.717) is 11.1 Å². The average Bonchev–Trinajstić information content (AvgIpc) is 2.26. The predicted molar refractivity (Wildman–Crippen MR) is 66.0 cm³/mol. The zero-order valence-corrected chi connectivity index (χ0v) is 9.84. The van der Waals surface area contributed by atoms with Gasteiger partial charge in [0.15, 0.2) is 0 Å². The van der Waals surface area contributed by atoms with Crippen molar-refractivity contribution in [1.82, 2.24) is 0 Å². The van der Waals surface area contributed by atoms with Gasteiger partial charge in [-0.1, -0.05) is 36.4 Å². The van der Waals surface area contributed by atoms with E-state index in [9.17, 15) is 4.39 Å². The summed E-state index contributed by atoms with van der Waals surface area (Å²) in [5.74, 6) is -0.120. The Hall–Kier alpha value is -1.63. The van der Waals surface area contributed by atoms with E-state index in [1.54, 1.807) is 13.0 Å². The Kier molecular flexibility index (Phi) is 2.78. The number of benzene rings is 2. The first kappa shape index (κ1) is 10.9. The Labute approximate surface area is 95.7 Å². The van der Waals surface area contributed by atoms with Crippen molar-refractivity contribution in [3.63, 3.8) is 0 Å². The first-order chi connectivity index (χ1) is 7.59. The summed E-state index contributed by atoms with van der Waals surface area (Å²) in [6.07, 6.45) is 0. The summed E-state index contributed by atoms with van der Waals surface area (Å²) in [6.45, 7) is 5.90. The van der Waals surface area contributed by atoms with Gasteiger partial charge < -0.3 is 0 Å². The van der Waals surface area contributed by atoms with E-state index in [4.69, 9.17) is 0 Å². The van der Waals surface area contributed by atoms with Crippen LogP contribution in [0.2, 0.25) is 0 Å². The minimum Gasteiger partial charge on any atom is -0.206 e. The van der Waals surface area contributed by atoms with Crippen molar-refractivity contribution in [2.75, 3.05) is 0 Å². The molecular weight excluding hydrogens is 199 g/mol. The highest BCUT2D eigenvalue weighted by Gasteiger charge is 2.07. The molecule has 0 spiro atoms. The topological polar surface area (TPSA) is 0 Å². The smallest absolute Gasteiger partial charge is 0.133 e. The van der Waals surface area contributed by atoms with Crippen LogP contribution in [0.3, 0.4) is 0 Å². The summed E-state index contributed by atoms with van der Waals surface area (Å²) in [6, 6.07) is 11.6. The molecule has 2 rings (SSSR count). The van der Waals surface area contributed by atoms with Crippen molar-refractivity contribution >= 4 is 0 Å². The highest BCUT2D eigenvalue weighted by molar-refractivity contribution is 5.66. The van der Waals surface area contributed by atoms with Gasteiger partial charge in [0, 0.05) is 5.56 Å². The molecule has 0 unspecified atom stereocenters. The molecule has 0 saturated heterocycles. The molecule has 0 amide bonds. The van der Waals surface area contributed by atoms with Gasteiger partial charge in [-0.15, -0.1) is 0 Å². The van der Waals surface area contributed by atoms with Gasteiger partial charge in [-0.2, -0.15) is 0 Å². The maximum Gasteiger partial charge on any atom is 0.133 e. The maximum absolute atomic E-state index is 13.9. The molecular formula is C15H15F. The fraction of sp³-hybridized carbons (Fsp3) is 0.200. The van der Waals surface area contributed by atoms with Crippen LogP contribution in [0.15, 0.2) is 36.4 Å². The van der Waals surface area contributed by atoms with Gasteiger partial charge in [0.2, 0.25) is 0 Å². The molecule has 0 bridgehead atoms. The lowest BCUT2D eigenvalue weighted by Crippen LogP contribution is -1.89. The quantitative estimate of drug-likeness (QED) is 0.659. The van der Waals surface area contributed by atoms with Gasteiger partial charge in [-0.25, -0.2) is 4.39 Å². The number of hydrogen-bond donors (Lipinski definition) is 0. The van der Waals surface area contributed by atoms with E-state index < -0.39 is 0 Å². The number of aryl methyl sites for hydroxylation is 3. The minimum atomic E-state index is -0.120. The second-order valence-electron chi connectivity index (χ2n) is 4.24. The highest BCUT2D eigenvalue weighted by Crippen LogP contribution is 2.26. The monoisotopic (exact) mass is 214 g/mol. The third-order valence-electron chi connectivity index (χ3n) is 3.01. The molecule has 1 heteroatoms. The van der Waals surface area contributed by atoms with Crippen molar-refractivity contribution in [3.8, 4) is 11.1 Å². The van der Waals surface area contributed by atoms with Crippen LogP contribution in [-0.4, -0.2) is 0 Å². The van der Waals surface area contributed by atoms with E-state index >= 15 is 0 Å². The second kappa shape index (κ2) is 4.09. The van der Waals surface area contributed by atoms with E-state index in [0.717, 1.165) is 5.56 Å². The van der Waals surface area contributed by atoms with Crippen LogP contribution in [-0.2, 0) is 0 Å². The molecule has 16 heavy (non-hydrogen) atoms. The highest BCUT2D eigenvalue weighted by atomic mass is 19.1. The molecule has 0 N–H and O–H groups in total. The van der Waals surface area contributed by atoms with Gasteiger partial charge in [0.1, 0.15) is 5.82 Å². The molecule has 0 heterocycles. The third kappa shape index (κ3) is 1.85. The number of halogens is 1. The van der Waals surface area contributed by atoms with Crippen LogP contribution in [0.4, 0.5) is 4.39 Å². The minimum absolute atomic E-state index is 0.120. The molecule has 0 aliphatic carbocycles. The van der Waals surface area contributed by atoms with Crippen LogP contribution in [0, 0.1) is 26.6 Å². The fourth-order valence-corrected chi connectivity index (χ4v) is 1.78. The first-order valence-electron chi connectivity index (χ1n) is 5.42. The Morgan fingerprint density at radius 2 is 1.56 bits per heavy atom. The van der Waals surface area contributed by atoms with Gasteiger partial charge >= 0.3 is 0 Å². The molecule has 0 aromatic heterocycles. The summed E-state index contributed by atoms with van der Waals surface area (Å²) in [4.78, 5) is 0. The normalized spacial score (nSPS) is 10.5. The lowest BCUT2D eigenvalue weighted by atomic mass is 9.99. The molecule has 0 atom stereocenters. The van der Waals surface area contributed by atoms with E-state index in [1.165, 1.54) is 11.1 Å². The summed E-state index contributed by atoms with van der Waals surface area (Å²) in [7, 11) is 0. The van der Waals surface area contributed by atoms with Crippen LogP contribution < -0.4 is 0 Å². The van der Waals surface area contributed by atoms with E-state index in [1.807, 2.05) is 37.3 Å². The lowest BCUT2D eigenvalue weighted by Gasteiger charge is -2.08. The Balaban J connectivity index is 2.59. The largest absolute Gasteiger partial charge is 0.206 e. The molecule has 0 aliphatic heterocycles. The van der Waals surface area contributed by atoms with Gasteiger partial charge in [-0.3, -0.25) is 0 Å². The van der Waals surface area contributed by atoms with Crippen molar-refractivity contribution in [2.45, 2.75) is 20.8 Å². The van der Waals surface area contributed by atoms with Crippen LogP contribution in [0.25, 0.3) is 11.1 Å². The number of hydrogen-bond acceptors (Lipinski definition) is 0. The van der Waals surface area contributed by atoms with E-state index in [-0.39, 0.29) is 5.82 Å². The molecule has 2 aromatic rings. The van der Waals surface area contributed by atoms with Crippen molar-refractivity contribution in [1.29, 1.82) is 0 Å². The van der Waals surface area contributed by atoms with Crippen LogP contribution in [0.5, 0.6) is 0 Å². The molecule has 0 saturated carbocycles. The van der Waals surface area contributed by atoms with Crippen molar-refractivity contribution in [2.24, 2.45) is 0 Å². The second-order valence-corrected chi connectivity index (χ2v) is 4.24. The summed E-state index contributed by atoms with van der Waals surface area (Å²) < 4.78 is 13.9. The summed E-state index contributed by atoms with van der Waals surface area (Å²) in [5, 5.41) is 0. The van der Waals surface area contributed by atoms with Crippen LogP contribution in [0.1, 0.15) is 16.7 Å². The first-order valence-corrected chi connectivity index (χ1v) is 5.42. The Morgan fingerprint density at radius 3 is 2.25 bits per heavy atom. The summed E-state index contributed by atoms with van der Waals surface area (Å²) >= 11 is 0. The molecule has 0 nitrogen and oxygen atoms in total. The number of rotatable bonds is 1. The molecule has 0 radical (unpaired) electrons. The molecule has 82 valence electrons. The maximum atomic E-state index is 13.9. The van der Waals surface area contributed by atoms with E-state index in [2.05, 4.69) is 6.92 Å². The average molecular weight is 214 g/mol. The Morgan fingerprint density at radius 1 is 0.812 bits per heavy atom. The van der Waals surface area contributed by atoms with Crippen molar-refractivity contribution in [3.05, 3.63) is 58.9 Å². The van der Waals surface area contributed by atoms with Gasteiger partial charge in [0.05, 0.1) is 0 Å². The zero-order chi connectivity index (χ0) is 11.7. The van der Waals surface area contributed by atoms with Crippen LogP contribution >= 0.6 is 0 Å². The third-order valence-corrected chi connectivity index (χ3v) is 3.01. The lowest BCUT2D eigenvalue weighted by molar-refractivity contribution is 0.622. The van der Waals surface area contributed by atoms with Gasteiger partial charge in [0.25, 0.3) is 0 Å². The zero-order valence-electron chi connectivity index (χ0n) is 9.84. The molecule has 0 aliphatic rings. The van der Waals surface area contributed by atoms with Gasteiger partial charge in [-0.05, 0) is 43.0 Å². The predicted octanol–water partition coefficient (Wildman–Crippen LogP) is 4.42. The molecule has 2 aromatic carbocycles. The Bertz CT molecular complexity index is 527.